The van der Waals surface area contributed by atoms with Crippen molar-refractivity contribution in [3.63, 3.8) is 0 Å². The van der Waals surface area contributed by atoms with E-state index in [1.165, 1.54) is 6.20 Å². The number of rotatable bonds is 3. The first-order chi connectivity index (χ1) is 9.13. The molecule has 0 aliphatic carbocycles. The molecule has 0 saturated carbocycles. The molecule has 3 rings (SSSR count). The third kappa shape index (κ3) is 2.08. The number of carbonyl (C=O) groups excluding carboxylic acids is 1. The molecule has 0 bridgehead atoms. The monoisotopic (exact) mass is 257 g/mol. The average Bonchev–Trinajstić information content (AvgIpc) is 2.92. The van der Waals surface area contributed by atoms with E-state index in [9.17, 15) is 9.59 Å². The lowest BCUT2D eigenvalue weighted by atomic mass is 10.0. The third-order valence-electron chi connectivity index (χ3n) is 3.08. The Labute approximate surface area is 108 Å². The van der Waals surface area contributed by atoms with Crippen LogP contribution in [0.3, 0.4) is 0 Å². The molecule has 0 saturated heterocycles. The maximum absolute atomic E-state index is 11.3. The molecule has 1 amide bonds. The number of H-pyrrole nitrogens is 1. The van der Waals surface area contributed by atoms with Gasteiger partial charge in [-0.05, 0) is 17.7 Å². The highest BCUT2D eigenvalue weighted by atomic mass is 16.4. The van der Waals surface area contributed by atoms with E-state index >= 15 is 0 Å². The summed E-state index contributed by atoms with van der Waals surface area (Å²) in [7, 11) is 0. The molecule has 0 fully saturated rings. The van der Waals surface area contributed by atoms with Gasteiger partial charge >= 0.3 is 5.97 Å². The number of hydrogen-bond acceptors (Lipinski definition) is 3. The van der Waals surface area contributed by atoms with Crippen molar-refractivity contribution in [3.8, 4) is 11.3 Å². The van der Waals surface area contributed by atoms with Gasteiger partial charge < -0.3 is 10.4 Å². The fourth-order valence-corrected chi connectivity index (χ4v) is 2.24. The first-order valence-electron chi connectivity index (χ1n) is 5.80. The summed E-state index contributed by atoms with van der Waals surface area (Å²) in [4.78, 5) is 22.1. The zero-order chi connectivity index (χ0) is 13.4. The molecule has 2 aromatic rings. The average molecular weight is 257 g/mol. The molecular weight excluding hydrogens is 246 g/mol. The zero-order valence-electron chi connectivity index (χ0n) is 9.93. The van der Waals surface area contributed by atoms with Crippen LogP contribution >= 0.6 is 0 Å². The number of aromatic nitrogens is 2. The van der Waals surface area contributed by atoms with E-state index in [0.717, 1.165) is 16.8 Å². The lowest BCUT2D eigenvalue weighted by molar-refractivity contribution is -0.136. The standard InChI is InChI=1S/C13H11N3O3/c17-11-4-8-3-7(1-2-10(8)15-11)13-9(5-12(18)19)6-14-16-13/h1-3,6H,4-5H2,(H,14,16)(H,15,17)(H,18,19). The second-order valence-electron chi connectivity index (χ2n) is 4.44. The molecule has 0 unspecified atom stereocenters. The fourth-order valence-electron chi connectivity index (χ4n) is 2.24. The summed E-state index contributed by atoms with van der Waals surface area (Å²) < 4.78 is 0. The molecule has 0 spiro atoms. The number of carboxylic acid groups (broad SMARTS) is 1. The summed E-state index contributed by atoms with van der Waals surface area (Å²) >= 11 is 0. The van der Waals surface area contributed by atoms with Crippen molar-refractivity contribution in [1.29, 1.82) is 0 Å². The maximum atomic E-state index is 11.3. The van der Waals surface area contributed by atoms with Gasteiger partial charge in [-0.3, -0.25) is 14.7 Å². The first kappa shape index (κ1) is 11.5. The van der Waals surface area contributed by atoms with E-state index in [1.807, 2.05) is 18.2 Å². The van der Waals surface area contributed by atoms with Gasteiger partial charge in [0.05, 0.1) is 24.7 Å². The molecule has 2 heterocycles. The molecular formula is C13H11N3O3. The van der Waals surface area contributed by atoms with Gasteiger partial charge in [0.1, 0.15) is 0 Å². The molecule has 1 aliphatic rings. The Morgan fingerprint density at radius 3 is 3.05 bits per heavy atom. The smallest absolute Gasteiger partial charge is 0.307 e. The van der Waals surface area contributed by atoms with Crippen molar-refractivity contribution >= 4 is 17.6 Å². The highest BCUT2D eigenvalue weighted by Gasteiger charge is 2.19. The predicted octanol–water partition coefficient (Wildman–Crippen LogP) is 1.20. The van der Waals surface area contributed by atoms with Crippen molar-refractivity contribution in [2.45, 2.75) is 12.8 Å². The Kier molecular flexibility index (Phi) is 2.56. The van der Waals surface area contributed by atoms with Crippen LogP contribution in [-0.2, 0) is 22.4 Å². The lowest BCUT2D eigenvalue weighted by Gasteiger charge is -2.04. The van der Waals surface area contributed by atoms with Gasteiger partial charge in [0.2, 0.25) is 5.91 Å². The Bertz CT molecular complexity index is 676. The molecule has 0 radical (unpaired) electrons. The van der Waals surface area contributed by atoms with E-state index in [1.54, 1.807) is 0 Å². The molecule has 1 aromatic heterocycles. The normalized spacial score (nSPS) is 13.2. The van der Waals surface area contributed by atoms with Gasteiger partial charge in [-0.1, -0.05) is 6.07 Å². The second-order valence-corrected chi connectivity index (χ2v) is 4.44. The van der Waals surface area contributed by atoms with Crippen LogP contribution in [0.15, 0.2) is 24.4 Å². The van der Waals surface area contributed by atoms with E-state index in [0.29, 0.717) is 17.7 Å². The van der Waals surface area contributed by atoms with Gasteiger partial charge in [-0.25, -0.2) is 0 Å². The summed E-state index contributed by atoms with van der Waals surface area (Å²) in [6.07, 6.45) is 1.78. The van der Waals surface area contributed by atoms with Crippen LogP contribution in [0.2, 0.25) is 0 Å². The van der Waals surface area contributed by atoms with Crippen molar-refractivity contribution in [2.24, 2.45) is 0 Å². The van der Waals surface area contributed by atoms with Crippen LogP contribution in [0.5, 0.6) is 0 Å². The van der Waals surface area contributed by atoms with Crippen LogP contribution in [-0.4, -0.2) is 27.2 Å². The van der Waals surface area contributed by atoms with E-state index in [4.69, 9.17) is 5.11 Å². The van der Waals surface area contributed by atoms with Gasteiger partial charge in [0, 0.05) is 16.8 Å². The Morgan fingerprint density at radius 1 is 1.42 bits per heavy atom. The summed E-state index contributed by atoms with van der Waals surface area (Å²) in [5.74, 6) is -0.928. The number of amides is 1. The molecule has 19 heavy (non-hydrogen) atoms. The van der Waals surface area contributed by atoms with Crippen LogP contribution in [0.4, 0.5) is 5.69 Å². The predicted molar refractivity (Wildman–Crippen MR) is 67.7 cm³/mol. The van der Waals surface area contributed by atoms with Gasteiger partial charge in [-0.15, -0.1) is 0 Å². The van der Waals surface area contributed by atoms with Crippen molar-refractivity contribution < 1.29 is 14.7 Å². The number of benzene rings is 1. The van der Waals surface area contributed by atoms with Gasteiger partial charge in [0.15, 0.2) is 0 Å². The highest BCUT2D eigenvalue weighted by molar-refractivity contribution is 5.99. The van der Waals surface area contributed by atoms with Crippen LogP contribution in [0.1, 0.15) is 11.1 Å². The van der Waals surface area contributed by atoms with E-state index in [2.05, 4.69) is 15.5 Å². The second kappa shape index (κ2) is 4.24. The van der Waals surface area contributed by atoms with Gasteiger partial charge in [-0.2, -0.15) is 5.10 Å². The number of anilines is 1. The minimum absolute atomic E-state index is 0.0254. The van der Waals surface area contributed by atoms with Crippen molar-refractivity contribution in [2.75, 3.05) is 5.32 Å². The fraction of sp³-hybridized carbons (Fsp3) is 0.154. The molecule has 0 atom stereocenters. The number of carboxylic acids is 1. The topological polar surface area (TPSA) is 95.1 Å². The van der Waals surface area contributed by atoms with Gasteiger partial charge in [0.25, 0.3) is 0 Å². The number of nitrogens with one attached hydrogen (secondary N) is 2. The number of fused-ring (bicyclic) bond motifs is 1. The quantitative estimate of drug-likeness (QED) is 0.769. The van der Waals surface area contributed by atoms with Crippen molar-refractivity contribution in [1.82, 2.24) is 10.2 Å². The Morgan fingerprint density at radius 2 is 2.26 bits per heavy atom. The maximum Gasteiger partial charge on any atom is 0.307 e. The van der Waals surface area contributed by atoms with E-state index in [-0.39, 0.29) is 12.3 Å². The molecule has 1 aromatic carbocycles. The number of nitrogens with zero attached hydrogens (tertiary/aromatic N) is 1. The number of hydrogen-bond donors (Lipinski definition) is 3. The Balaban J connectivity index is 1.99. The number of aliphatic carboxylic acids is 1. The minimum atomic E-state index is -0.902. The lowest BCUT2D eigenvalue weighted by Crippen LogP contribution is -2.03. The molecule has 6 heteroatoms. The summed E-state index contributed by atoms with van der Waals surface area (Å²) in [6.45, 7) is 0. The molecule has 6 nitrogen and oxygen atoms in total. The number of aromatic amines is 1. The molecule has 1 aliphatic heterocycles. The first-order valence-corrected chi connectivity index (χ1v) is 5.80. The van der Waals surface area contributed by atoms with E-state index < -0.39 is 5.97 Å². The van der Waals surface area contributed by atoms with Crippen LogP contribution in [0.25, 0.3) is 11.3 Å². The third-order valence-corrected chi connectivity index (χ3v) is 3.08. The SMILES string of the molecule is O=C(O)Cc1cn[nH]c1-c1ccc2c(c1)CC(=O)N2. The molecule has 3 N–H and O–H groups in total. The van der Waals surface area contributed by atoms with Crippen molar-refractivity contribution in [3.05, 3.63) is 35.5 Å². The summed E-state index contributed by atoms with van der Waals surface area (Å²) in [5.41, 5.74) is 3.88. The highest BCUT2D eigenvalue weighted by Crippen LogP contribution is 2.29. The minimum Gasteiger partial charge on any atom is -0.481 e. The van der Waals surface area contributed by atoms with Crippen LogP contribution in [0, 0.1) is 0 Å². The number of carbonyl (C=O) groups is 2. The zero-order valence-corrected chi connectivity index (χ0v) is 9.93. The summed E-state index contributed by atoms with van der Waals surface area (Å²) in [6, 6.07) is 5.54. The largest absolute Gasteiger partial charge is 0.481 e. The summed E-state index contributed by atoms with van der Waals surface area (Å²) in [5, 5.41) is 18.3. The molecule has 96 valence electrons. The Hall–Kier alpha value is -2.63. The van der Waals surface area contributed by atoms with Crippen LogP contribution < -0.4 is 5.32 Å².